The first-order chi connectivity index (χ1) is 8.09. The minimum Gasteiger partial charge on any atom is -0.132 e. The van der Waals surface area contributed by atoms with Crippen molar-refractivity contribution < 1.29 is 0 Å². The van der Waals surface area contributed by atoms with Gasteiger partial charge in [-0.05, 0) is 24.3 Å². The van der Waals surface area contributed by atoms with Gasteiger partial charge < -0.3 is 0 Å². The van der Waals surface area contributed by atoms with Crippen LogP contribution in [0.1, 0.15) is 0 Å². The maximum atomic E-state index is 6.22. The van der Waals surface area contributed by atoms with Gasteiger partial charge in [-0.1, -0.05) is 46.4 Å². The molecule has 0 atom stereocenters. The SMILES string of the molecule is Clc1ccc(Cl)c2c1sc1c(Cl)ccc(Cl)c12. The maximum absolute atomic E-state index is 6.22. The van der Waals surface area contributed by atoms with Crippen molar-refractivity contribution in [3.63, 3.8) is 0 Å². The number of fused-ring (bicyclic) bond motifs is 3. The fourth-order valence-electron chi connectivity index (χ4n) is 1.83. The molecule has 0 aliphatic carbocycles. The van der Waals surface area contributed by atoms with Crippen molar-refractivity contribution >= 4 is 77.9 Å². The maximum Gasteiger partial charge on any atom is 0.0585 e. The Morgan fingerprint density at radius 1 is 0.588 bits per heavy atom. The minimum absolute atomic E-state index is 0.639. The van der Waals surface area contributed by atoms with E-state index < -0.39 is 0 Å². The van der Waals surface area contributed by atoms with Crippen LogP contribution in [0.2, 0.25) is 20.1 Å². The van der Waals surface area contributed by atoms with Crippen LogP contribution in [-0.2, 0) is 0 Å². The van der Waals surface area contributed by atoms with Gasteiger partial charge in [0.05, 0.1) is 29.5 Å². The predicted octanol–water partition coefficient (Wildman–Crippen LogP) is 6.67. The smallest absolute Gasteiger partial charge is 0.0585 e. The fourth-order valence-corrected chi connectivity index (χ4v) is 4.16. The molecule has 86 valence electrons. The van der Waals surface area contributed by atoms with Gasteiger partial charge >= 0.3 is 0 Å². The van der Waals surface area contributed by atoms with Crippen LogP contribution >= 0.6 is 57.7 Å². The van der Waals surface area contributed by atoms with Crippen molar-refractivity contribution in [1.82, 2.24) is 0 Å². The van der Waals surface area contributed by atoms with E-state index >= 15 is 0 Å². The third kappa shape index (κ3) is 1.73. The molecule has 0 spiro atoms. The molecule has 0 radical (unpaired) electrons. The Morgan fingerprint density at radius 2 is 0.941 bits per heavy atom. The molecular formula is C12H4Cl4S. The van der Waals surface area contributed by atoms with Crippen LogP contribution in [0.5, 0.6) is 0 Å². The summed E-state index contributed by atoms with van der Waals surface area (Å²) in [5, 5.41) is 4.37. The predicted molar refractivity (Wildman–Crippen MR) is 79.4 cm³/mol. The monoisotopic (exact) mass is 320 g/mol. The Labute approximate surface area is 122 Å². The number of hydrogen-bond donors (Lipinski definition) is 0. The van der Waals surface area contributed by atoms with Crippen LogP contribution < -0.4 is 0 Å². The van der Waals surface area contributed by atoms with Crippen LogP contribution in [-0.4, -0.2) is 0 Å². The highest BCUT2D eigenvalue weighted by molar-refractivity contribution is 7.27. The molecule has 0 nitrogen and oxygen atoms in total. The summed E-state index contributed by atoms with van der Waals surface area (Å²) in [4.78, 5) is 0. The highest BCUT2D eigenvalue weighted by Gasteiger charge is 2.15. The van der Waals surface area contributed by atoms with Crippen molar-refractivity contribution in [2.75, 3.05) is 0 Å². The molecular weight excluding hydrogens is 318 g/mol. The van der Waals surface area contributed by atoms with Gasteiger partial charge in [-0.3, -0.25) is 0 Å². The van der Waals surface area contributed by atoms with Crippen molar-refractivity contribution in [2.45, 2.75) is 0 Å². The molecule has 1 heterocycles. The first kappa shape index (κ1) is 11.9. The zero-order chi connectivity index (χ0) is 12.2. The summed E-state index contributed by atoms with van der Waals surface area (Å²) in [7, 11) is 0. The van der Waals surface area contributed by atoms with Gasteiger partial charge in [-0.25, -0.2) is 0 Å². The van der Waals surface area contributed by atoms with E-state index in [-0.39, 0.29) is 0 Å². The molecule has 5 heteroatoms. The Morgan fingerprint density at radius 3 is 1.35 bits per heavy atom. The molecule has 2 aromatic carbocycles. The fraction of sp³-hybridized carbons (Fsp3) is 0. The summed E-state index contributed by atoms with van der Waals surface area (Å²) in [5.41, 5.74) is 0. The van der Waals surface area contributed by atoms with E-state index in [1.54, 1.807) is 24.3 Å². The van der Waals surface area contributed by atoms with Gasteiger partial charge in [0.2, 0.25) is 0 Å². The van der Waals surface area contributed by atoms with Gasteiger partial charge in [0.25, 0.3) is 0 Å². The third-order valence-corrected chi connectivity index (χ3v) is 5.31. The lowest BCUT2D eigenvalue weighted by atomic mass is 10.1. The lowest BCUT2D eigenvalue weighted by molar-refractivity contribution is 1.83. The largest absolute Gasteiger partial charge is 0.132 e. The van der Waals surface area contributed by atoms with Crippen LogP contribution in [0.3, 0.4) is 0 Å². The van der Waals surface area contributed by atoms with Crippen LogP contribution in [0.25, 0.3) is 20.2 Å². The molecule has 0 bridgehead atoms. The van der Waals surface area contributed by atoms with E-state index in [0.717, 1.165) is 20.2 Å². The van der Waals surface area contributed by atoms with Gasteiger partial charge in [0, 0.05) is 10.8 Å². The second-order valence-electron chi connectivity index (χ2n) is 3.57. The lowest BCUT2D eigenvalue weighted by Crippen LogP contribution is -1.73. The Kier molecular flexibility index (Phi) is 2.92. The molecule has 0 amide bonds. The van der Waals surface area contributed by atoms with E-state index in [9.17, 15) is 0 Å². The number of benzene rings is 2. The quantitative estimate of drug-likeness (QED) is 0.434. The zero-order valence-corrected chi connectivity index (χ0v) is 12.1. The van der Waals surface area contributed by atoms with E-state index in [2.05, 4.69) is 0 Å². The van der Waals surface area contributed by atoms with Gasteiger partial charge in [-0.2, -0.15) is 0 Å². The average molecular weight is 322 g/mol. The molecule has 0 N–H and O–H groups in total. The molecule has 0 fully saturated rings. The third-order valence-electron chi connectivity index (χ3n) is 2.57. The van der Waals surface area contributed by atoms with Crippen molar-refractivity contribution in [1.29, 1.82) is 0 Å². The Balaban J connectivity index is 2.69. The van der Waals surface area contributed by atoms with Crippen LogP contribution in [0.4, 0.5) is 0 Å². The minimum atomic E-state index is 0.639. The summed E-state index contributed by atoms with van der Waals surface area (Å²) in [5.74, 6) is 0. The molecule has 0 saturated carbocycles. The van der Waals surface area contributed by atoms with E-state index in [0.29, 0.717) is 20.1 Å². The molecule has 3 rings (SSSR count). The second kappa shape index (κ2) is 4.18. The number of rotatable bonds is 0. The van der Waals surface area contributed by atoms with Crippen LogP contribution in [0.15, 0.2) is 24.3 Å². The Bertz CT molecular complexity index is 683. The van der Waals surface area contributed by atoms with Gasteiger partial charge in [0.1, 0.15) is 0 Å². The highest BCUT2D eigenvalue weighted by atomic mass is 35.5. The molecule has 0 aliphatic heterocycles. The Hall–Kier alpha value is -0.180. The number of thiophene rings is 1. The number of hydrogen-bond acceptors (Lipinski definition) is 1. The van der Waals surface area contributed by atoms with Gasteiger partial charge in [-0.15, -0.1) is 11.3 Å². The van der Waals surface area contributed by atoms with Crippen LogP contribution in [0, 0.1) is 0 Å². The van der Waals surface area contributed by atoms with E-state index in [1.807, 2.05) is 0 Å². The van der Waals surface area contributed by atoms with E-state index in [1.165, 1.54) is 11.3 Å². The first-order valence-electron chi connectivity index (χ1n) is 4.74. The molecule has 0 unspecified atom stereocenters. The number of halogens is 4. The van der Waals surface area contributed by atoms with E-state index in [4.69, 9.17) is 46.4 Å². The summed E-state index contributed by atoms with van der Waals surface area (Å²) in [6.45, 7) is 0. The van der Waals surface area contributed by atoms with Gasteiger partial charge in [0.15, 0.2) is 0 Å². The molecule has 17 heavy (non-hydrogen) atoms. The summed E-state index contributed by atoms with van der Waals surface area (Å²) >= 11 is 26.3. The topological polar surface area (TPSA) is 0 Å². The average Bonchev–Trinajstić information content (AvgIpc) is 2.71. The van der Waals surface area contributed by atoms with Crippen molar-refractivity contribution in [2.24, 2.45) is 0 Å². The molecule has 1 aromatic heterocycles. The molecule has 0 aliphatic rings. The standard InChI is InChI=1S/C12H4Cl4S/c13-5-1-3-7(15)11-9(5)10-6(14)2-4-8(16)12(10)17-11/h1-4H. The second-order valence-corrected chi connectivity index (χ2v) is 6.22. The zero-order valence-electron chi connectivity index (χ0n) is 8.23. The molecule has 0 saturated heterocycles. The summed E-state index contributed by atoms with van der Waals surface area (Å²) in [6.07, 6.45) is 0. The highest BCUT2D eigenvalue weighted by Crippen LogP contribution is 2.46. The lowest BCUT2D eigenvalue weighted by Gasteiger charge is -1.99. The summed E-state index contributed by atoms with van der Waals surface area (Å²) < 4.78 is 1.84. The first-order valence-corrected chi connectivity index (χ1v) is 7.06. The molecule has 3 aromatic rings. The summed E-state index contributed by atoms with van der Waals surface area (Å²) in [6, 6.07) is 7.11. The normalized spacial score (nSPS) is 11.5. The van der Waals surface area contributed by atoms with Crippen molar-refractivity contribution in [3.05, 3.63) is 44.4 Å². The van der Waals surface area contributed by atoms with Crippen molar-refractivity contribution in [3.8, 4) is 0 Å².